The average Bonchev–Trinajstić information content (AvgIpc) is 3.52. The molecule has 3 aromatic rings. The summed E-state index contributed by atoms with van der Waals surface area (Å²) in [6.45, 7) is 0.653. The summed E-state index contributed by atoms with van der Waals surface area (Å²) in [5, 5.41) is 18.7. The van der Waals surface area contributed by atoms with Gasteiger partial charge in [0.2, 0.25) is 17.6 Å². The first-order chi connectivity index (χ1) is 14.2. The van der Waals surface area contributed by atoms with Crippen molar-refractivity contribution >= 4 is 17.2 Å². The van der Waals surface area contributed by atoms with Crippen LogP contribution >= 0.6 is 11.3 Å². The normalized spacial score (nSPS) is 17.4. The zero-order chi connectivity index (χ0) is 20.2. The van der Waals surface area contributed by atoms with Crippen molar-refractivity contribution in [3.05, 3.63) is 52.5 Å². The van der Waals surface area contributed by atoms with Gasteiger partial charge in [-0.05, 0) is 42.0 Å². The van der Waals surface area contributed by atoms with Gasteiger partial charge < -0.3 is 19.3 Å². The number of carbonyl (C=O) groups is 1. The molecular formula is C21H23N3O4S. The molecule has 29 heavy (non-hydrogen) atoms. The van der Waals surface area contributed by atoms with Gasteiger partial charge in [-0.3, -0.25) is 4.79 Å². The first kappa shape index (κ1) is 19.6. The molecule has 2 aromatic heterocycles. The highest BCUT2D eigenvalue weighted by Crippen LogP contribution is 2.31. The van der Waals surface area contributed by atoms with Gasteiger partial charge in [0.1, 0.15) is 5.75 Å². The van der Waals surface area contributed by atoms with E-state index in [9.17, 15) is 9.90 Å². The molecule has 0 saturated carbocycles. The van der Waals surface area contributed by atoms with Crippen molar-refractivity contribution in [3.63, 3.8) is 0 Å². The van der Waals surface area contributed by atoms with Gasteiger partial charge in [-0.25, -0.2) is 0 Å². The van der Waals surface area contributed by atoms with E-state index in [4.69, 9.17) is 9.26 Å². The molecule has 0 unspecified atom stereocenters. The Labute approximate surface area is 172 Å². The van der Waals surface area contributed by atoms with Crippen molar-refractivity contribution in [1.29, 1.82) is 0 Å². The van der Waals surface area contributed by atoms with Gasteiger partial charge in [0, 0.05) is 30.3 Å². The Morgan fingerprint density at radius 2 is 2.21 bits per heavy atom. The van der Waals surface area contributed by atoms with Crippen molar-refractivity contribution in [3.8, 4) is 17.1 Å². The number of aryl methyl sites for hydroxylation is 1. The molecule has 1 saturated heterocycles. The van der Waals surface area contributed by atoms with Crippen LogP contribution < -0.4 is 4.74 Å². The van der Waals surface area contributed by atoms with Crippen LogP contribution in [0.5, 0.6) is 5.75 Å². The molecule has 4 rings (SSSR count). The summed E-state index contributed by atoms with van der Waals surface area (Å²) in [7, 11) is 1.61. The lowest BCUT2D eigenvalue weighted by Crippen LogP contribution is -2.39. The third-order valence-electron chi connectivity index (χ3n) is 5.24. The maximum Gasteiger partial charge on any atom is 0.227 e. The van der Waals surface area contributed by atoms with Gasteiger partial charge in [-0.15, -0.1) is 0 Å². The van der Waals surface area contributed by atoms with E-state index in [0.29, 0.717) is 24.7 Å². The summed E-state index contributed by atoms with van der Waals surface area (Å²) >= 11 is 1.57. The number of nitrogens with zero attached hydrogens (tertiary/aromatic N) is 3. The monoisotopic (exact) mass is 413 g/mol. The Morgan fingerprint density at radius 1 is 1.38 bits per heavy atom. The molecule has 8 heteroatoms. The molecule has 1 fully saturated rings. The second kappa shape index (κ2) is 8.75. The van der Waals surface area contributed by atoms with Crippen LogP contribution in [0.4, 0.5) is 0 Å². The number of methoxy groups -OCH3 is 1. The minimum atomic E-state index is -0.721. The number of aliphatic hydroxyl groups excluding tert-OH is 1. The van der Waals surface area contributed by atoms with Gasteiger partial charge in [-0.1, -0.05) is 17.3 Å². The molecule has 1 aliphatic rings. The fourth-order valence-corrected chi connectivity index (χ4v) is 4.31. The highest BCUT2D eigenvalue weighted by atomic mass is 32.1. The standard InChI is InChI=1S/C21H23N3O4S/c1-27-16-6-4-14(5-7-16)20(26)17-3-2-11-24(17)19(25)9-8-18-22-21(23-28-18)15-10-12-29-13-15/h4-7,10,12-13,17,20,26H,2-3,8-9,11H2,1H3/t17-,20-/m1/s1. The molecule has 0 bridgehead atoms. The molecule has 1 aliphatic heterocycles. The fourth-order valence-electron chi connectivity index (χ4n) is 3.68. The van der Waals surface area contributed by atoms with E-state index in [1.807, 2.05) is 41.1 Å². The topological polar surface area (TPSA) is 88.7 Å². The van der Waals surface area contributed by atoms with Crippen molar-refractivity contribution < 1.29 is 19.2 Å². The first-order valence-corrected chi connectivity index (χ1v) is 10.6. The maximum absolute atomic E-state index is 12.8. The highest BCUT2D eigenvalue weighted by molar-refractivity contribution is 7.08. The summed E-state index contributed by atoms with van der Waals surface area (Å²) in [5.41, 5.74) is 1.70. The number of carbonyl (C=O) groups excluding carboxylic acids is 1. The number of amides is 1. The molecule has 7 nitrogen and oxygen atoms in total. The van der Waals surface area contributed by atoms with Gasteiger partial charge in [0.05, 0.1) is 19.3 Å². The van der Waals surface area contributed by atoms with Crippen LogP contribution in [0.15, 0.2) is 45.6 Å². The summed E-state index contributed by atoms with van der Waals surface area (Å²) in [5.74, 6) is 1.73. The molecule has 0 aliphatic carbocycles. The Kier molecular flexibility index (Phi) is 5.92. The summed E-state index contributed by atoms with van der Waals surface area (Å²) in [6.07, 6.45) is 1.60. The Morgan fingerprint density at radius 3 is 2.93 bits per heavy atom. The zero-order valence-electron chi connectivity index (χ0n) is 16.2. The number of rotatable bonds is 7. The van der Waals surface area contributed by atoms with Crippen LogP contribution in [0, 0.1) is 0 Å². The molecule has 1 amide bonds. The van der Waals surface area contributed by atoms with Gasteiger partial charge >= 0.3 is 0 Å². The largest absolute Gasteiger partial charge is 0.497 e. The number of likely N-dealkylation sites (tertiary alicyclic amines) is 1. The van der Waals surface area contributed by atoms with E-state index in [1.54, 1.807) is 23.3 Å². The number of hydrogen-bond donors (Lipinski definition) is 1. The lowest BCUT2D eigenvalue weighted by Gasteiger charge is -2.29. The molecule has 152 valence electrons. The van der Waals surface area contributed by atoms with Crippen LogP contribution in [-0.2, 0) is 11.2 Å². The Hall–Kier alpha value is -2.71. The molecule has 2 atom stereocenters. The van der Waals surface area contributed by atoms with E-state index in [0.717, 1.165) is 29.7 Å². The second-order valence-electron chi connectivity index (χ2n) is 7.04. The molecule has 1 aromatic carbocycles. The van der Waals surface area contributed by atoms with E-state index >= 15 is 0 Å². The average molecular weight is 413 g/mol. The van der Waals surface area contributed by atoms with Crippen molar-refractivity contribution in [2.24, 2.45) is 0 Å². The van der Waals surface area contributed by atoms with E-state index in [-0.39, 0.29) is 18.4 Å². The smallest absolute Gasteiger partial charge is 0.227 e. The van der Waals surface area contributed by atoms with Crippen LogP contribution in [0.1, 0.15) is 36.8 Å². The lowest BCUT2D eigenvalue weighted by atomic mass is 10.00. The number of aromatic nitrogens is 2. The summed E-state index contributed by atoms with van der Waals surface area (Å²) in [6, 6.07) is 9.03. The van der Waals surface area contributed by atoms with Gasteiger partial charge in [-0.2, -0.15) is 16.3 Å². The van der Waals surface area contributed by atoms with Crippen molar-refractivity contribution in [2.45, 2.75) is 37.8 Å². The summed E-state index contributed by atoms with van der Waals surface area (Å²) in [4.78, 5) is 19.0. The maximum atomic E-state index is 12.8. The fraction of sp³-hybridized carbons (Fsp3) is 0.381. The molecule has 0 spiro atoms. The van der Waals surface area contributed by atoms with E-state index < -0.39 is 6.10 Å². The van der Waals surface area contributed by atoms with Crippen molar-refractivity contribution in [2.75, 3.05) is 13.7 Å². The second-order valence-corrected chi connectivity index (χ2v) is 7.82. The van der Waals surface area contributed by atoms with Gasteiger partial charge in [0.15, 0.2) is 0 Å². The zero-order valence-corrected chi connectivity index (χ0v) is 17.0. The van der Waals surface area contributed by atoms with Crippen LogP contribution in [0.25, 0.3) is 11.4 Å². The quantitative estimate of drug-likeness (QED) is 0.638. The molecular weight excluding hydrogens is 390 g/mol. The first-order valence-electron chi connectivity index (χ1n) is 9.62. The van der Waals surface area contributed by atoms with Crippen LogP contribution in [0.2, 0.25) is 0 Å². The number of aliphatic hydroxyl groups is 1. The predicted molar refractivity (Wildman–Crippen MR) is 109 cm³/mol. The molecule has 1 N–H and O–H groups in total. The Bertz CT molecular complexity index is 939. The molecule has 3 heterocycles. The predicted octanol–water partition coefficient (Wildman–Crippen LogP) is 3.46. The third kappa shape index (κ3) is 4.33. The van der Waals surface area contributed by atoms with Gasteiger partial charge in [0.25, 0.3) is 0 Å². The third-order valence-corrected chi connectivity index (χ3v) is 5.92. The lowest BCUT2D eigenvalue weighted by molar-refractivity contribution is -0.134. The number of benzene rings is 1. The number of hydrogen-bond acceptors (Lipinski definition) is 7. The van der Waals surface area contributed by atoms with Crippen LogP contribution in [0.3, 0.4) is 0 Å². The molecule has 0 radical (unpaired) electrons. The summed E-state index contributed by atoms with van der Waals surface area (Å²) < 4.78 is 10.4. The van der Waals surface area contributed by atoms with E-state index in [1.165, 1.54) is 0 Å². The minimum Gasteiger partial charge on any atom is -0.497 e. The number of thiophene rings is 1. The van der Waals surface area contributed by atoms with Crippen LogP contribution in [-0.4, -0.2) is 45.8 Å². The number of ether oxygens (including phenoxy) is 1. The SMILES string of the molecule is COc1ccc([C@@H](O)[C@H]2CCCN2C(=O)CCc2nc(-c3ccsc3)no2)cc1. The van der Waals surface area contributed by atoms with Crippen molar-refractivity contribution in [1.82, 2.24) is 15.0 Å². The van der Waals surface area contributed by atoms with E-state index in [2.05, 4.69) is 10.1 Å². The Balaban J connectivity index is 1.37. The minimum absolute atomic E-state index is 0.00431. The highest BCUT2D eigenvalue weighted by Gasteiger charge is 2.34.